The lowest BCUT2D eigenvalue weighted by Gasteiger charge is -2.31. The molecule has 0 aromatic carbocycles. The summed E-state index contributed by atoms with van der Waals surface area (Å²) in [6, 6.07) is 0. The second kappa shape index (κ2) is 9.80. The first-order chi connectivity index (χ1) is 10.9. The molecule has 132 valence electrons. The number of hydrogen-bond acceptors (Lipinski definition) is 4. The molecular formula is C16H28N2O4S. The number of carbonyl (C=O) groups is 3. The molecule has 1 aliphatic heterocycles. The average Bonchev–Trinajstić information content (AvgIpc) is 2.54. The van der Waals surface area contributed by atoms with E-state index in [4.69, 9.17) is 5.11 Å². The molecule has 7 heteroatoms. The minimum Gasteiger partial charge on any atom is -0.481 e. The van der Waals surface area contributed by atoms with E-state index in [2.05, 4.69) is 6.92 Å². The molecular weight excluding hydrogens is 316 g/mol. The maximum Gasteiger partial charge on any atom is 0.306 e. The zero-order valence-corrected chi connectivity index (χ0v) is 15.1. The monoisotopic (exact) mass is 344 g/mol. The van der Waals surface area contributed by atoms with Crippen molar-refractivity contribution >= 4 is 29.5 Å². The van der Waals surface area contributed by atoms with Gasteiger partial charge in [-0.2, -0.15) is 0 Å². The normalized spacial score (nSPS) is 16.9. The van der Waals surface area contributed by atoms with Gasteiger partial charge in [0.1, 0.15) is 0 Å². The summed E-state index contributed by atoms with van der Waals surface area (Å²) in [5, 5.41) is 8.83. The molecule has 1 unspecified atom stereocenters. The Balaban J connectivity index is 2.38. The molecule has 1 fully saturated rings. The molecule has 1 rings (SSSR count). The van der Waals surface area contributed by atoms with Crippen molar-refractivity contribution in [2.24, 2.45) is 5.92 Å². The average molecular weight is 344 g/mol. The van der Waals surface area contributed by atoms with Crippen molar-refractivity contribution in [1.29, 1.82) is 0 Å². The second-order valence-electron chi connectivity index (χ2n) is 6.05. The van der Waals surface area contributed by atoms with Crippen LogP contribution in [0, 0.1) is 5.92 Å². The predicted octanol–water partition coefficient (Wildman–Crippen LogP) is 1.69. The molecule has 0 spiro atoms. The SMILES string of the molecule is CCCCSC(C)C(=O)N(C)CC(=O)N1CCC(C(=O)O)CC1. The number of nitrogens with zero attached hydrogens (tertiary/aromatic N) is 2. The summed E-state index contributed by atoms with van der Waals surface area (Å²) >= 11 is 1.62. The highest BCUT2D eigenvalue weighted by Crippen LogP contribution is 2.18. The maximum atomic E-state index is 12.3. The Morgan fingerprint density at radius 3 is 2.43 bits per heavy atom. The molecule has 23 heavy (non-hydrogen) atoms. The number of likely N-dealkylation sites (N-methyl/N-ethyl adjacent to an activating group) is 1. The number of thioether (sulfide) groups is 1. The van der Waals surface area contributed by atoms with E-state index in [0.717, 1.165) is 18.6 Å². The lowest BCUT2D eigenvalue weighted by molar-refractivity contribution is -0.146. The van der Waals surface area contributed by atoms with Gasteiger partial charge in [0.15, 0.2) is 0 Å². The standard InChI is InChI=1S/C16H28N2O4S/c1-4-5-10-23-12(2)15(20)17(3)11-14(19)18-8-6-13(7-9-18)16(21)22/h12-13H,4-11H2,1-3H3,(H,21,22). The number of piperidine rings is 1. The van der Waals surface area contributed by atoms with Gasteiger partial charge in [0.25, 0.3) is 0 Å². The van der Waals surface area contributed by atoms with Gasteiger partial charge in [0.2, 0.25) is 11.8 Å². The lowest BCUT2D eigenvalue weighted by Crippen LogP contribution is -2.46. The van der Waals surface area contributed by atoms with Gasteiger partial charge in [-0.25, -0.2) is 0 Å². The second-order valence-corrected chi connectivity index (χ2v) is 7.50. The van der Waals surface area contributed by atoms with Crippen LogP contribution in [0.3, 0.4) is 0 Å². The largest absolute Gasteiger partial charge is 0.481 e. The number of unbranched alkanes of at least 4 members (excludes halogenated alkanes) is 1. The van der Waals surface area contributed by atoms with Crippen LogP contribution in [0.5, 0.6) is 0 Å². The summed E-state index contributed by atoms with van der Waals surface area (Å²) in [6.45, 7) is 4.97. The van der Waals surface area contributed by atoms with E-state index in [1.807, 2.05) is 6.92 Å². The highest BCUT2D eigenvalue weighted by Gasteiger charge is 2.28. The minimum absolute atomic E-state index is 0.0279. The van der Waals surface area contributed by atoms with E-state index in [1.165, 1.54) is 4.90 Å². The fourth-order valence-electron chi connectivity index (χ4n) is 2.54. The van der Waals surface area contributed by atoms with Crippen LogP contribution in [0.15, 0.2) is 0 Å². The Morgan fingerprint density at radius 1 is 1.30 bits per heavy atom. The molecule has 0 aromatic rings. The molecule has 1 N–H and O–H groups in total. The Bertz CT molecular complexity index is 422. The molecule has 0 radical (unpaired) electrons. The van der Waals surface area contributed by atoms with Crippen LogP contribution >= 0.6 is 11.8 Å². The van der Waals surface area contributed by atoms with Crippen molar-refractivity contribution < 1.29 is 19.5 Å². The van der Waals surface area contributed by atoms with Crippen LogP contribution in [0.1, 0.15) is 39.5 Å². The molecule has 1 aliphatic rings. The smallest absolute Gasteiger partial charge is 0.306 e. The van der Waals surface area contributed by atoms with Gasteiger partial charge >= 0.3 is 5.97 Å². The van der Waals surface area contributed by atoms with E-state index >= 15 is 0 Å². The fraction of sp³-hybridized carbons (Fsp3) is 0.812. The van der Waals surface area contributed by atoms with Crippen LogP contribution in [0.25, 0.3) is 0 Å². The van der Waals surface area contributed by atoms with Crippen molar-refractivity contribution in [3.8, 4) is 0 Å². The Hall–Kier alpha value is -1.24. The maximum absolute atomic E-state index is 12.3. The van der Waals surface area contributed by atoms with Gasteiger partial charge < -0.3 is 14.9 Å². The van der Waals surface area contributed by atoms with Crippen molar-refractivity contribution in [3.05, 3.63) is 0 Å². The predicted molar refractivity (Wildman–Crippen MR) is 91.4 cm³/mol. The van der Waals surface area contributed by atoms with Gasteiger partial charge in [-0.05, 0) is 31.9 Å². The van der Waals surface area contributed by atoms with Gasteiger partial charge in [0.05, 0.1) is 17.7 Å². The molecule has 6 nitrogen and oxygen atoms in total. The van der Waals surface area contributed by atoms with Crippen molar-refractivity contribution in [2.45, 2.75) is 44.8 Å². The zero-order valence-electron chi connectivity index (χ0n) is 14.3. The molecule has 0 aliphatic carbocycles. The van der Waals surface area contributed by atoms with Crippen LogP contribution < -0.4 is 0 Å². The minimum atomic E-state index is -0.790. The number of carbonyl (C=O) groups excluding carboxylic acids is 2. The first kappa shape index (κ1) is 19.8. The molecule has 0 aromatic heterocycles. The van der Waals surface area contributed by atoms with Gasteiger partial charge in [-0.1, -0.05) is 13.3 Å². The van der Waals surface area contributed by atoms with Crippen molar-refractivity contribution in [1.82, 2.24) is 9.80 Å². The Labute approximate surface area is 142 Å². The lowest BCUT2D eigenvalue weighted by atomic mass is 9.97. The highest BCUT2D eigenvalue weighted by atomic mass is 32.2. The third kappa shape index (κ3) is 6.41. The number of amides is 2. The number of carboxylic acid groups (broad SMARTS) is 1. The van der Waals surface area contributed by atoms with Crippen LogP contribution in [-0.2, 0) is 14.4 Å². The first-order valence-corrected chi connectivity index (χ1v) is 9.28. The zero-order chi connectivity index (χ0) is 17.4. The van der Waals surface area contributed by atoms with Crippen LogP contribution in [-0.4, -0.2) is 70.4 Å². The van der Waals surface area contributed by atoms with E-state index in [9.17, 15) is 14.4 Å². The summed E-state index contributed by atoms with van der Waals surface area (Å²) in [5.74, 6) is -0.320. The molecule has 0 saturated carbocycles. The molecule has 1 saturated heterocycles. The topological polar surface area (TPSA) is 77.9 Å². The Morgan fingerprint density at radius 2 is 1.91 bits per heavy atom. The summed E-state index contributed by atoms with van der Waals surface area (Å²) in [7, 11) is 1.65. The van der Waals surface area contributed by atoms with Crippen molar-refractivity contribution in [2.75, 3.05) is 32.4 Å². The Kier molecular flexibility index (Phi) is 8.44. The van der Waals surface area contributed by atoms with Crippen LogP contribution in [0.4, 0.5) is 0 Å². The van der Waals surface area contributed by atoms with Gasteiger partial charge in [0, 0.05) is 20.1 Å². The third-order valence-electron chi connectivity index (χ3n) is 4.16. The van der Waals surface area contributed by atoms with E-state index < -0.39 is 5.97 Å². The summed E-state index contributed by atoms with van der Waals surface area (Å²) in [6.07, 6.45) is 3.17. The quantitative estimate of drug-likeness (QED) is 0.678. The molecule has 0 bridgehead atoms. The van der Waals surface area contributed by atoms with Gasteiger partial charge in [-0.3, -0.25) is 14.4 Å². The van der Waals surface area contributed by atoms with E-state index in [0.29, 0.717) is 25.9 Å². The number of aliphatic carboxylic acids is 1. The van der Waals surface area contributed by atoms with Crippen LogP contribution in [0.2, 0.25) is 0 Å². The molecule has 1 atom stereocenters. The van der Waals surface area contributed by atoms with E-state index in [1.54, 1.807) is 23.7 Å². The summed E-state index contributed by atoms with van der Waals surface area (Å²) < 4.78 is 0. The fourth-order valence-corrected chi connectivity index (χ4v) is 3.67. The third-order valence-corrected chi connectivity index (χ3v) is 5.39. The number of likely N-dealkylation sites (tertiary alicyclic amines) is 1. The van der Waals surface area contributed by atoms with Gasteiger partial charge in [-0.15, -0.1) is 11.8 Å². The number of rotatable bonds is 8. The summed E-state index contributed by atoms with van der Waals surface area (Å²) in [5.41, 5.74) is 0. The number of carboxylic acids is 1. The highest BCUT2D eigenvalue weighted by molar-refractivity contribution is 8.00. The van der Waals surface area contributed by atoms with Crippen molar-refractivity contribution in [3.63, 3.8) is 0 Å². The summed E-state index contributed by atoms with van der Waals surface area (Å²) in [4.78, 5) is 38.6. The molecule has 2 amide bonds. The van der Waals surface area contributed by atoms with E-state index in [-0.39, 0.29) is 29.5 Å². The molecule has 1 heterocycles. The number of hydrogen-bond donors (Lipinski definition) is 1. The first-order valence-electron chi connectivity index (χ1n) is 8.24.